The maximum absolute atomic E-state index is 10.5. The Morgan fingerprint density at radius 3 is 2.76 bits per heavy atom. The average molecular weight is 308 g/mol. The number of rotatable bonds is 6. The Morgan fingerprint density at radius 2 is 2.14 bits per heavy atom. The fraction of sp³-hybridized carbons (Fsp3) is 0.562. The Hall–Kier alpha value is -1.20. The second kappa shape index (κ2) is 7.71. The van der Waals surface area contributed by atoms with Crippen molar-refractivity contribution in [1.82, 2.24) is 4.31 Å². The molecule has 0 aromatic heterocycles. The molecule has 21 heavy (non-hydrogen) atoms. The van der Waals surface area contributed by atoms with Crippen molar-refractivity contribution in [3.8, 4) is 0 Å². The van der Waals surface area contributed by atoms with Crippen molar-refractivity contribution in [2.75, 3.05) is 31.3 Å². The van der Waals surface area contributed by atoms with Crippen LogP contribution in [0, 0.1) is 6.92 Å². The van der Waals surface area contributed by atoms with E-state index in [0.717, 1.165) is 18.7 Å². The van der Waals surface area contributed by atoms with Crippen LogP contribution in [-0.4, -0.2) is 43.2 Å². The molecule has 4 nitrogen and oxygen atoms in total. The first kappa shape index (κ1) is 16.2. The molecule has 0 radical (unpaired) electrons. The van der Waals surface area contributed by atoms with Crippen molar-refractivity contribution in [2.45, 2.75) is 32.4 Å². The fourth-order valence-electron chi connectivity index (χ4n) is 2.91. The second-order valence-electron chi connectivity index (χ2n) is 5.49. The van der Waals surface area contributed by atoms with Crippen LogP contribution in [0.2, 0.25) is 0 Å². The molecule has 1 fully saturated rings. The Balaban J connectivity index is 2.11. The summed E-state index contributed by atoms with van der Waals surface area (Å²) in [7, 11) is 2.15. The van der Waals surface area contributed by atoms with Gasteiger partial charge in [-0.2, -0.15) is 0 Å². The largest absolute Gasteiger partial charge is 0.463 e. The summed E-state index contributed by atoms with van der Waals surface area (Å²) >= 11 is 1.83. The molecule has 0 aliphatic carbocycles. The lowest BCUT2D eigenvalue weighted by atomic mass is 10.0. The van der Waals surface area contributed by atoms with Gasteiger partial charge >= 0.3 is 0 Å². The number of anilines is 1. The highest BCUT2D eigenvalue weighted by molar-refractivity contribution is 7.96. The lowest BCUT2D eigenvalue weighted by molar-refractivity contribution is -0.129. The second-order valence-corrected chi connectivity index (χ2v) is 6.37. The molecule has 1 aromatic carbocycles. The fourth-order valence-corrected chi connectivity index (χ4v) is 3.48. The van der Waals surface area contributed by atoms with Gasteiger partial charge < -0.3 is 9.64 Å². The summed E-state index contributed by atoms with van der Waals surface area (Å²) in [6, 6.07) is 6.91. The Kier molecular flexibility index (Phi) is 5.94. The molecular weight excluding hydrogens is 284 g/mol. The number of piperidine rings is 1. The van der Waals surface area contributed by atoms with Crippen LogP contribution in [0.3, 0.4) is 0 Å². The third kappa shape index (κ3) is 4.14. The summed E-state index contributed by atoms with van der Waals surface area (Å²) < 4.78 is 7.38. The molecule has 1 aromatic rings. The van der Waals surface area contributed by atoms with E-state index in [9.17, 15) is 4.79 Å². The van der Waals surface area contributed by atoms with E-state index in [1.807, 2.05) is 11.9 Å². The Labute approximate surface area is 131 Å². The minimum absolute atomic E-state index is 0.342. The van der Waals surface area contributed by atoms with Crippen molar-refractivity contribution in [3.05, 3.63) is 29.3 Å². The average Bonchev–Trinajstić information content (AvgIpc) is 2.52. The topological polar surface area (TPSA) is 32.8 Å². The zero-order chi connectivity index (χ0) is 15.2. The molecule has 0 spiro atoms. The summed E-state index contributed by atoms with van der Waals surface area (Å²) in [5.41, 5.74) is 3.44. The van der Waals surface area contributed by atoms with Crippen molar-refractivity contribution >= 4 is 24.1 Å². The minimum Gasteiger partial charge on any atom is -0.463 e. The summed E-state index contributed by atoms with van der Waals surface area (Å²) in [4.78, 5) is 12.8. The molecule has 2 rings (SSSR count). The number of ether oxygens (including phenoxy) is 1. The van der Waals surface area contributed by atoms with Gasteiger partial charge in [0.05, 0.1) is 0 Å². The molecule has 1 heterocycles. The first-order valence-corrected chi connectivity index (χ1v) is 8.50. The van der Waals surface area contributed by atoms with Gasteiger partial charge in [0, 0.05) is 37.4 Å². The molecule has 0 unspecified atom stereocenters. The van der Waals surface area contributed by atoms with Gasteiger partial charge in [-0.15, -0.1) is 0 Å². The number of benzene rings is 1. The van der Waals surface area contributed by atoms with E-state index in [1.54, 1.807) is 0 Å². The normalized spacial score (nSPS) is 16.7. The monoisotopic (exact) mass is 308 g/mol. The van der Waals surface area contributed by atoms with E-state index in [4.69, 9.17) is 4.74 Å². The van der Waals surface area contributed by atoms with Crippen LogP contribution >= 0.6 is 11.9 Å². The number of carbonyl (C=O) groups is 1. The van der Waals surface area contributed by atoms with Gasteiger partial charge in [-0.1, -0.05) is 29.6 Å². The maximum atomic E-state index is 10.5. The van der Waals surface area contributed by atoms with Crippen molar-refractivity contribution in [3.63, 3.8) is 0 Å². The first-order chi connectivity index (χ1) is 10.2. The molecule has 5 heteroatoms. The van der Waals surface area contributed by atoms with Crippen LogP contribution in [0.15, 0.2) is 18.2 Å². The summed E-state index contributed by atoms with van der Waals surface area (Å²) in [6.45, 7) is 5.17. The van der Waals surface area contributed by atoms with Gasteiger partial charge in [0.2, 0.25) is 0 Å². The number of carbonyl (C=O) groups excluding carboxylic acids is 1. The lowest BCUT2D eigenvalue weighted by Gasteiger charge is -2.37. The highest BCUT2D eigenvalue weighted by atomic mass is 32.2. The molecule has 116 valence electrons. The van der Waals surface area contributed by atoms with Crippen molar-refractivity contribution in [2.24, 2.45) is 0 Å². The summed E-state index contributed by atoms with van der Waals surface area (Å²) in [5.74, 6) is 0. The van der Waals surface area contributed by atoms with Gasteiger partial charge in [-0.3, -0.25) is 9.10 Å². The molecule has 0 bridgehead atoms. The molecule has 0 N–H and O–H groups in total. The molecule has 1 saturated heterocycles. The zero-order valence-corrected chi connectivity index (χ0v) is 13.9. The maximum Gasteiger partial charge on any atom is 0.293 e. The van der Waals surface area contributed by atoms with E-state index in [0.29, 0.717) is 19.1 Å². The number of hydrogen-bond acceptors (Lipinski definition) is 5. The molecule has 1 aliphatic heterocycles. The molecule has 0 saturated carbocycles. The van der Waals surface area contributed by atoms with Crippen molar-refractivity contribution in [1.29, 1.82) is 0 Å². The van der Waals surface area contributed by atoms with E-state index in [2.05, 4.69) is 47.6 Å². The lowest BCUT2D eigenvalue weighted by Crippen LogP contribution is -2.41. The van der Waals surface area contributed by atoms with E-state index in [1.165, 1.54) is 24.1 Å². The molecule has 0 amide bonds. The van der Waals surface area contributed by atoms with Gasteiger partial charge in [0.25, 0.3) is 6.47 Å². The van der Waals surface area contributed by atoms with Crippen molar-refractivity contribution < 1.29 is 9.53 Å². The van der Waals surface area contributed by atoms with Crippen LogP contribution in [0.1, 0.15) is 24.0 Å². The Bertz CT molecular complexity index is 473. The third-order valence-corrected chi connectivity index (χ3v) is 5.03. The first-order valence-electron chi connectivity index (χ1n) is 7.32. The van der Waals surface area contributed by atoms with E-state index >= 15 is 0 Å². The number of hydrogen-bond donors (Lipinski definition) is 0. The standard InChI is InChI=1S/C16H24N2O2S/c1-13-4-5-16(14(10-13)11-20-12-19)17(2)15-6-8-18(21-3)9-7-15/h4-5,10,12,15H,6-9,11H2,1-3H3. The minimum atomic E-state index is 0.342. The third-order valence-electron chi connectivity index (χ3n) is 4.15. The number of aryl methyl sites for hydroxylation is 1. The predicted molar refractivity (Wildman–Crippen MR) is 88.5 cm³/mol. The van der Waals surface area contributed by atoms with E-state index in [-0.39, 0.29) is 0 Å². The quantitative estimate of drug-likeness (QED) is 0.596. The summed E-state index contributed by atoms with van der Waals surface area (Å²) in [5, 5.41) is 0. The zero-order valence-electron chi connectivity index (χ0n) is 13.0. The van der Waals surface area contributed by atoms with E-state index < -0.39 is 0 Å². The predicted octanol–water partition coefficient (Wildman–Crippen LogP) is 2.85. The summed E-state index contributed by atoms with van der Waals surface area (Å²) in [6.07, 6.45) is 4.47. The molecular formula is C16H24N2O2S. The van der Waals surface area contributed by atoms with Crippen LogP contribution < -0.4 is 4.90 Å². The highest BCUT2D eigenvalue weighted by Gasteiger charge is 2.23. The highest BCUT2D eigenvalue weighted by Crippen LogP contribution is 2.28. The Morgan fingerprint density at radius 1 is 1.43 bits per heavy atom. The van der Waals surface area contributed by atoms with Gasteiger partial charge in [0.1, 0.15) is 6.61 Å². The van der Waals surface area contributed by atoms with Crippen LogP contribution in [0.4, 0.5) is 5.69 Å². The smallest absolute Gasteiger partial charge is 0.293 e. The van der Waals surface area contributed by atoms with Crippen LogP contribution in [0.5, 0.6) is 0 Å². The van der Waals surface area contributed by atoms with Crippen LogP contribution in [-0.2, 0) is 16.1 Å². The van der Waals surface area contributed by atoms with Gasteiger partial charge in [-0.25, -0.2) is 0 Å². The number of nitrogens with zero attached hydrogens (tertiary/aromatic N) is 2. The van der Waals surface area contributed by atoms with Gasteiger partial charge in [-0.05, 0) is 32.1 Å². The SMILES string of the molecule is CSN1CCC(N(C)c2ccc(C)cc2COC=O)CC1. The molecule has 0 atom stereocenters. The van der Waals surface area contributed by atoms with Crippen LogP contribution in [0.25, 0.3) is 0 Å². The molecule has 1 aliphatic rings. The van der Waals surface area contributed by atoms with Gasteiger partial charge in [0.15, 0.2) is 0 Å².